The number of carbonyl (C=O) groups excluding carboxylic acids is 1. The zero-order valence-electron chi connectivity index (χ0n) is 20.3. The molecule has 1 rings (SSSR count). The predicted octanol–water partition coefficient (Wildman–Crippen LogP) is 2.39. The molecule has 176 valence electrons. The third kappa shape index (κ3) is 10.9. The van der Waals surface area contributed by atoms with Crippen molar-refractivity contribution in [3.8, 4) is 11.5 Å². The van der Waals surface area contributed by atoms with Gasteiger partial charge >= 0.3 is 0 Å². The van der Waals surface area contributed by atoms with E-state index in [4.69, 9.17) is 9.47 Å². The van der Waals surface area contributed by atoms with Crippen LogP contribution in [-0.4, -0.2) is 68.7 Å². The van der Waals surface area contributed by atoms with Crippen molar-refractivity contribution in [1.29, 1.82) is 0 Å². The molecule has 1 aromatic carbocycles. The Kier molecular flexibility index (Phi) is 11.8. The molecule has 0 atom stereocenters. The Morgan fingerprint density at radius 2 is 1.81 bits per heavy atom. The molecular weight excluding hydrogens is 394 g/mol. The number of nitrogens with zero attached hydrogens (tertiary/aromatic N) is 2. The van der Waals surface area contributed by atoms with Crippen molar-refractivity contribution in [3.05, 3.63) is 23.8 Å². The fourth-order valence-corrected chi connectivity index (χ4v) is 2.89. The van der Waals surface area contributed by atoms with Crippen molar-refractivity contribution < 1.29 is 14.3 Å². The molecule has 1 amide bonds. The average molecular weight is 436 g/mol. The lowest BCUT2D eigenvalue weighted by Gasteiger charge is -2.21. The van der Waals surface area contributed by atoms with E-state index in [-0.39, 0.29) is 18.0 Å². The summed E-state index contributed by atoms with van der Waals surface area (Å²) in [6.45, 7) is 17.0. The third-order valence-corrected chi connectivity index (χ3v) is 4.48. The maximum absolute atomic E-state index is 12.0. The number of methoxy groups -OCH3 is 1. The van der Waals surface area contributed by atoms with Gasteiger partial charge in [-0.3, -0.25) is 4.79 Å². The number of hydrogen-bond acceptors (Lipinski definition) is 5. The summed E-state index contributed by atoms with van der Waals surface area (Å²) in [7, 11) is 1.64. The van der Waals surface area contributed by atoms with Crippen molar-refractivity contribution in [2.24, 2.45) is 4.99 Å². The van der Waals surface area contributed by atoms with Gasteiger partial charge in [0.15, 0.2) is 17.5 Å². The van der Waals surface area contributed by atoms with E-state index in [1.165, 1.54) is 0 Å². The molecule has 0 saturated heterocycles. The highest BCUT2D eigenvalue weighted by molar-refractivity contribution is 5.86. The van der Waals surface area contributed by atoms with E-state index < -0.39 is 0 Å². The lowest BCUT2D eigenvalue weighted by Crippen LogP contribution is -2.48. The van der Waals surface area contributed by atoms with Gasteiger partial charge in [-0.05, 0) is 58.5 Å². The molecule has 8 heteroatoms. The van der Waals surface area contributed by atoms with E-state index in [0.717, 1.165) is 30.9 Å². The molecule has 0 aliphatic carbocycles. The van der Waals surface area contributed by atoms with Crippen LogP contribution in [0, 0.1) is 0 Å². The van der Waals surface area contributed by atoms with Crippen LogP contribution in [0.5, 0.6) is 11.5 Å². The Labute approximate surface area is 187 Å². The Balaban J connectivity index is 2.71. The Morgan fingerprint density at radius 1 is 1.10 bits per heavy atom. The number of likely N-dealkylation sites (N-methyl/N-ethyl adjacent to an activating group) is 1. The average Bonchev–Trinajstić information content (AvgIpc) is 2.72. The largest absolute Gasteiger partial charge is 0.493 e. The molecule has 31 heavy (non-hydrogen) atoms. The van der Waals surface area contributed by atoms with Gasteiger partial charge in [0.05, 0.1) is 20.2 Å². The molecule has 0 fully saturated rings. The number of aliphatic imine (C=N–C) groups is 1. The number of ether oxygens (including phenoxy) is 2. The maximum Gasteiger partial charge on any atom is 0.239 e. The number of amides is 1. The summed E-state index contributed by atoms with van der Waals surface area (Å²) in [5, 5.41) is 9.15. The first kappa shape index (κ1) is 26.6. The van der Waals surface area contributed by atoms with Gasteiger partial charge in [0, 0.05) is 18.6 Å². The van der Waals surface area contributed by atoms with Crippen LogP contribution in [0.15, 0.2) is 23.2 Å². The normalized spacial score (nSPS) is 11.9. The van der Waals surface area contributed by atoms with Crippen LogP contribution < -0.4 is 25.4 Å². The van der Waals surface area contributed by atoms with Crippen LogP contribution >= 0.6 is 0 Å². The van der Waals surface area contributed by atoms with Crippen LogP contribution in [0.4, 0.5) is 0 Å². The van der Waals surface area contributed by atoms with Crippen molar-refractivity contribution in [3.63, 3.8) is 0 Å². The fourth-order valence-electron chi connectivity index (χ4n) is 2.89. The summed E-state index contributed by atoms with van der Waals surface area (Å²) >= 11 is 0. The standard InChI is InChI=1S/C23H41N5O3/c1-8-24-22(26-17-21(29)27-23(4,5)6)25-16-18-11-12-19(20(15-18)30-7)31-14-13-28(9-2)10-3/h11-12,15H,8-10,13-14,16-17H2,1-7H3,(H,27,29)(H2,24,25,26). The first-order chi connectivity index (χ1) is 14.7. The van der Waals surface area contributed by atoms with E-state index in [1.54, 1.807) is 7.11 Å². The van der Waals surface area contributed by atoms with Gasteiger partial charge in [-0.15, -0.1) is 0 Å². The molecule has 0 unspecified atom stereocenters. The lowest BCUT2D eigenvalue weighted by atomic mass is 10.1. The third-order valence-electron chi connectivity index (χ3n) is 4.48. The first-order valence-corrected chi connectivity index (χ1v) is 11.1. The molecule has 3 N–H and O–H groups in total. The number of hydrogen-bond donors (Lipinski definition) is 3. The highest BCUT2D eigenvalue weighted by Crippen LogP contribution is 2.28. The SMILES string of the molecule is CCNC(=NCc1ccc(OCCN(CC)CC)c(OC)c1)NCC(=O)NC(C)(C)C. The molecule has 1 aromatic rings. The summed E-state index contributed by atoms with van der Waals surface area (Å²) < 4.78 is 11.4. The molecule has 0 bridgehead atoms. The molecule has 8 nitrogen and oxygen atoms in total. The fraction of sp³-hybridized carbons (Fsp3) is 0.652. The Hall–Kier alpha value is -2.48. The number of nitrogens with one attached hydrogen (secondary N) is 3. The molecule has 0 aromatic heterocycles. The van der Waals surface area contributed by atoms with Gasteiger partial charge in [0.2, 0.25) is 5.91 Å². The van der Waals surface area contributed by atoms with Gasteiger partial charge in [-0.2, -0.15) is 0 Å². The second-order valence-corrected chi connectivity index (χ2v) is 8.21. The molecule has 0 spiro atoms. The second kappa shape index (κ2) is 13.7. The van der Waals surface area contributed by atoms with Crippen LogP contribution in [0.25, 0.3) is 0 Å². The quantitative estimate of drug-likeness (QED) is 0.345. The number of carbonyl (C=O) groups is 1. The van der Waals surface area contributed by atoms with Gasteiger partial charge in [0.1, 0.15) is 6.61 Å². The minimum absolute atomic E-state index is 0.0778. The van der Waals surface area contributed by atoms with Crippen LogP contribution in [0.1, 0.15) is 47.1 Å². The molecule has 0 saturated carbocycles. The van der Waals surface area contributed by atoms with Crippen molar-refractivity contribution in [2.45, 2.75) is 53.6 Å². The van der Waals surface area contributed by atoms with Gasteiger partial charge in [0.25, 0.3) is 0 Å². The van der Waals surface area contributed by atoms with Gasteiger partial charge in [-0.1, -0.05) is 19.9 Å². The zero-order valence-corrected chi connectivity index (χ0v) is 20.3. The van der Waals surface area contributed by atoms with E-state index in [1.807, 2.05) is 45.9 Å². The number of benzene rings is 1. The number of guanidine groups is 1. The summed E-state index contributed by atoms with van der Waals surface area (Å²) in [5.74, 6) is 1.93. The van der Waals surface area contributed by atoms with Gasteiger partial charge in [-0.25, -0.2) is 4.99 Å². The smallest absolute Gasteiger partial charge is 0.239 e. The monoisotopic (exact) mass is 435 g/mol. The van der Waals surface area contributed by atoms with Crippen molar-refractivity contribution in [1.82, 2.24) is 20.9 Å². The summed E-state index contributed by atoms with van der Waals surface area (Å²) in [6.07, 6.45) is 0. The summed E-state index contributed by atoms with van der Waals surface area (Å²) in [5.41, 5.74) is 0.726. The van der Waals surface area contributed by atoms with E-state index in [0.29, 0.717) is 31.4 Å². The van der Waals surface area contributed by atoms with Crippen LogP contribution in [0.2, 0.25) is 0 Å². The lowest BCUT2D eigenvalue weighted by molar-refractivity contribution is -0.121. The minimum Gasteiger partial charge on any atom is -0.493 e. The van der Waals surface area contributed by atoms with E-state index in [9.17, 15) is 4.79 Å². The highest BCUT2D eigenvalue weighted by Gasteiger charge is 2.14. The van der Waals surface area contributed by atoms with Crippen molar-refractivity contribution in [2.75, 3.05) is 46.4 Å². The zero-order chi connectivity index (χ0) is 23.3. The van der Waals surface area contributed by atoms with E-state index >= 15 is 0 Å². The maximum atomic E-state index is 12.0. The molecule has 0 heterocycles. The topological polar surface area (TPSA) is 87.2 Å². The minimum atomic E-state index is -0.264. The van der Waals surface area contributed by atoms with Crippen molar-refractivity contribution >= 4 is 11.9 Å². The molecule has 0 radical (unpaired) electrons. The molecule has 0 aliphatic rings. The Bertz CT molecular complexity index is 697. The summed E-state index contributed by atoms with van der Waals surface area (Å²) in [6, 6.07) is 5.84. The van der Waals surface area contributed by atoms with Crippen LogP contribution in [0.3, 0.4) is 0 Å². The van der Waals surface area contributed by atoms with E-state index in [2.05, 4.69) is 39.7 Å². The second-order valence-electron chi connectivity index (χ2n) is 8.21. The van der Waals surface area contributed by atoms with Gasteiger partial charge < -0.3 is 30.3 Å². The molecular formula is C23H41N5O3. The highest BCUT2D eigenvalue weighted by atomic mass is 16.5. The van der Waals surface area contributed by atoms with Crippen LogP contribution in [-0.2, 0) is 11.3 Å². The summed E-state index contributed by atoms with van der Waals surface area (Å²) in [4.78, 5) is 18.9. The first-order valence-electron chi connectivity index (χ1n) is 11.1. The molecule has 0 aliphatic heterocycles. The Morgan fingerprint density at radius 3 is 2.39 bits per heavy atom. The predicted molar refractivity (Wildman–Crippen MR) is 127 cm³/mol. The number of rotatable bonds is 12.